The van der Waals surface area contributed by atoms with Crippen LogP contribution in [0.5, 0.6) is 0 Å². The van der Waals surface area contributed by atoms with Crippen LogP contribution in [0.1, 0.15) is 48.0 Å². The molecule has 0 unspecified atom stereocenters. The van der Waals surface area contributed by atoms with Gasteiger partial charge in [-0.3, -0.25) is 4.79 Å². The van der Waals surface area contributed by atoms with Crippen molar-refractivity contribution in [3.63, 3.8) is 0 Å². The van der Waals surface area contributed by atoms with Crippen molar-refractivity contribution >= 4 is 15.6 Å². The van der Waals surface area contributed by atoms with Gasteiger partial charge < -0.3 is 5.32 Å². The Kier molecular flexibility index (Phi) is 5.35. The molecule has 0 aliphatic carbocycles. The number of hydrogen-bond acceptors (Lipinski definition) is 4. The highest BCUT2D eigenvalue weighted by Gasteiger charge is 2.29. The van der Waals surface area contributed by atoms with E-state index in [0.29, 0.717) is 0 Å². The van der Waals surface area contributed by atoms with Gasteiger partial charge in [0.25, 0.3) is 0 Å². The zero-order chi connectivity index (χ0) is 13.9. The normalized spacial score (nSPS) is 13.8. The minimum atomic E-state index is -3.20. The van der Waals surface area contributed by atoms with Crippen molar-refractivity contribution in [2.24, 2.45) is 0 Å². The standard InChI is InChI=1S/C12H25NO3S/c1-11(2,3)13-9-10(14)7-8-17(15,16)12(4,5)6/h13H,7-9H2,1-6H3. The number of carbonyl (C=O) groups is 1. The van der Waals surface area contributed by atoms with E-state index in [1.54, 1.807) is 20.8 Å². The average molecular weight is 263 g/mol. The highest BCUT2D eigenvalue weighted by atomic mass is 32.2. The quantitative estimate of drug-likeness (QED) is 0.817. The van der Waals surface area contributed by atoms with Gasteiger partial charge in [0.1, 0.15) is 5.78 Å². The van der Waals surface area contributed by atoms with Crippen LogP contribution < -0.4 is 5.32 Å². The fraction of sp³-hybridized carbons (Fsp3) is 0.917. The first-order chi connectivity index (χ1) is 7.35. The molecule has 0 aromatic rings. The summed E-state index contributed by atoms with van der Waals surface area (Å²) in [7, 11) is -3.20. The smallest absolute Gasteiger partial charge is 0.155 e. The number of Topliss-reactive ketones (excluding diaryl/α,β-unsaturated/α-hetero) is 1. The summed E-state index contributed by atoms with van der Waals surface area (Å²) in [4.78, 5) is 11.5. The van der Waals surface area contributed by atoms with Crippen LogP contribution in [0.3, 0.4) is 0 Å². The van der Waals surface area contributed by atoms with Gasteiger partial charge in [0.05, 0.1) is 17.0 Å². The maximum atomic E-state index is 11.8. The Hall–Kier alpha value is -0.420. The Balaban J connectivity index is 4.19. The molecule has 1 N–H and O–H groups in total. The predicted molar refractivity (Wildman–Crippen MR) is 70.9 cm³/mol. The molecular weight excluding hydrogens is 238 g/mol. The maximum Gasteiger partial charge on any atom is 0.155 e. The third-order valence-electron chi connectivity index (χ3n) is 2.40. The number of nitrogens with one attached hydrogen (secondary N) is 1. The molecule has 0 rings (SSSR count). The van der Waals surface area contributed by atoms with Crippen molar-refractivity contribution in [3.8, 4) is 0 Å². The molecule has 0 saturated heterocycles. The van der Waals surface area contributed by atoms with E-state index in [2.05, 4.69) is 5.32 Å². The third-order valence-corrected chi connectivity index (χ3v) is 5.01. The van der Waals surface area contributed by atoms with E-state index < -0.39 is 14.6 Å². The fourth-order valence-electron chi connectivity index (χ4n) is 1.01. The molecule has 5 heteroatoms. The summed E-state index contributed by atoms with van der Waals surface area (Å²) < 4.78 is 22.8. The zero-order valence-corrected chi connectivity index (χ0v) is 12.6. The van der Waals surface area contributed by atoms with Crippen LogP contribution in [-0.2, 0) is 14.6 Å². The van der Waals surface area contributed by atoms with Crippen molar-refractivity contribution in [1.29, 1.82) is 0 Å². The van der Waals surface area contributed by atoms with Crippen LogP contribution in [0.15, 0.2) is 0 Å². The lowest BCUT2D eigenvalue weighted by molar-refractivity contribution is -0.118. The van der Waals surface area contributed by atoms with Crippen molar-refractivity contribution in [1.82, 2.24) is 5.32 Å². The van der Waals surface area contributed by atoms with Gasteiger partial charge in [0.15, 0.2) is 9.84 Å². The first-order valence-corrected chi connectivity index (χ1v) is 7.49. The van der Waals surface area contributed by atoms with Crippen LogP contribution in [0, 0.1) is 0 Å². The molecule has 0 spiro atoms. The van der Waals surface area contributed by atoms with E-state index in [4.69, 9.17) is 0 Å². The summed E-state index contributed by atoms with van der Waals surface area (Å²) >= 11 is 0. The average Bonchev–Trinajstić information content (AvgIpc) is 2.08. The van der Waals surface area contributed by atoms with Gasteiger partial charge in [-0.2, -0.15) is 0 Å². The summed E-state index contributed by atoms with van der Waals surface area (Å²) in [6, 6.07) is 0. The van der Waals surface area contributed by atoms with Crippen LogP contribution >= 0.6 is 0 Å². The number of rotatable bonds is 5. The second-order valence-electron chi connectivity index (χ2n) is 6.32. The van der Waals surface area contributed by atoms with Gasteiger partial charge in [-0.1, -0.05) is 0 Å². The lowest BCUT2D eigenvalue weighted by Crippen LogP contribution is -2.40. The largest absolute Gasteiger partial charge is 0.305 e. The van der Waals surface area contributed by atoms with E-state index in [0.717, 1.165) is 0 Å². The van der Waals surface area contributed by atoms with Gasteiger partial charge in [0, 0.05) is 12.0 Å². The fourth-order valence-corrected chi connectivity index (χ4v) is 2.12. The predicted octanol–water partition coefficient (Wildman–Crippen LogP) is 1.55. The topological polar surface area (TPSA) is 63.2 Å². The van der Waals surface area contributed by atoms with Crippen LogP contribution in [0.4, 0.5) is 0 Å². The van der Waals surface area contributed by atoms with Gasteiger partial charge >= 0.3 is 0 Å². The van der Waals surface area contributed by atoms with Gasteiger partial charge in [-0.05, 0) is 41.5 Å². The van der Waals surface area contributed by atoms with E-state index in [1.165, 1.54) is 0 Å². The molecule has 0 radical (unpaired) electrons. The number of carbonyl (C=O) groups excluding carboxylic acids is 1. The van der Waals surface area contributed by atoms with E-state index in [-0.39, 0.29) is 30.0 Å². The molecule has 0 atom stereocenters. The molecule has 0 amide bonds. The van der Waals surface area contributed by atoms with Gasteiger partial charge in [-0.15, -0.1) is 0 Å². The van der Waals surface area contributed by atoms with Crippen LogP contribution in [0.2, 0.25) is 0 Å². The molecule has 0 aliphatic heterocycles. The Morgan fingerprint density at radius 3 is 1.88 bits per heavy atom. The van der Waals surface area contributed by atoms with E-state index in [1.807, 2.05) is 20.8 Å². The highest BCUT2D eigenvalue weighted by Crippen LogP contribution is 2.16. The molecule has 0 bridgehead atoms. The molecule has 4 nitrogen and oxygen atoms in total. The molecule has 0 aromatic carbocycles. The Morgan fingerprint density at radius 2 is 1.53 bits per heavy atom. The third kappa shape index (κ3) is 6.78. The second-order valence-corrected chi connectivity index (χ2v) is 9.19. The molecule has 102 valence electrons. The van der Waals surface area contributed by atoms with Crippen LogP contribution in [-0.4, -0.2) is 36.8 Å². The number of sulfone groups is 1. The minimum absolute atomic E-state index is 0.0623. The Morgan fingerprint density at radius 1 is 1.06 bits per heavy atom. The molecular formula is C12H25NO3S. The molecule has 0 saturated carbocycles. The molecule has 0 aliphatic rings. The summed E-state index contributed by atoms with van der Waals surface area (Å²) in [5, 5.41) is 3.05. The monoisotopic (exact) mass is 263 g/mol. The number of ketones is 1. The summed E-state index contributed by atoms with van der Waals surface area (Å²) in [6.07, 6.45) is 0.0860. The highest BCUT2D eigenvalue weighted by molar-refractivity contribution is 7.92. The summed E-state index contributed by atoms with van der Waals surface area (Å²) in [5.74, 6) is -0.131. The van der Waals surface area contributed by atoms with E-state index >= 15 is 0 Å². The lowest BCUT2D eigenvalue weighted by Gasteiger charge is -2.21. The molecule has 0 fully saturated rings. The SMILES string of the molecule is CC(C)(C)NCC(=O)CCS(=O)(=O)C(C)(C)C. The maximum absolute atomic E-state index is 11.8. The molecule has 0 aromatic heterocycles. The van der Waals surface area contributed by atoms with Crippen molar-refractivity contribution in [2.45, 2.75) is 58.2 Å². The second kappa shape index (κ2) is 5.48. The van der Waals surface area contributed by atoms with Crippen LogP contribution in [0.25, 0.3) is 0 Å². The molecule has 17 heavy (non-hydrogen) atoms. The van der Waals surface area contributed by atoms with Crippen molar-refractivity contribution < 1.29 is 13.2 Å². The van der Waals surface area contributed by atoms with Gasteiger partial charge in [-0.25, -0.2) is 8.42 Å². The Bertz CT molecular complexity index is 358. The minimum Gasteiger partial charge on any atom is -0.305 e. The summed E-state index contributed by atoms with van der Waals surface area (Å²) in [5.41, 5.74) is -0.126. The van der Waals surface area contributed by atoms with Gasteiger partial charge in [0.2, 0.25) is 0 Å². The first-order valence-electron chi connectivity index (χ1n) is 5.84. The Labute approximate surface area is 105 Å². The first kappa shape index (κ1) is 16.6. The zero-order valence-electron chi connectivity index (χ0n) is 11.8. The lowest BCUT2D eigenvalue weighted by atomic mass is 10.1. The van der Waals surface area contributed by atoms with E-state index in [9.17, 15) is 13.2 Å². The van der Waals surface area contributed by atoms with Crippen molar-refractivity contribution in [2.75, 3.05) is 12.3 Å². The summed E-state index contributed by atoms with van der Waals surface area (Å²) in [6.45, 7) is 11.1. The molecule has 0 heterocycles. The number of hydrogen-bond donors (Lipinski definition) is 1. The van der Waals surface area contributed by atoms with Crippen molar-refractivity contribution in [3.05, 3.63) is 0 Å².